The fourth-order valence-electron chi connectivity index (χ4n) is 8.28. The first-order valence-electron chi connectivity index (χ1n) is 10.4. The SMILES string of the molecule is C[C@]12CCC(=O)C[C@H]1CC[C@@H]1[C@@H]2[C@@H]2C[C@]3(C(O)O2)[C@@H](C(=O)CO)CC[C@@H]13. The molecule has 1 saturated heterocycles. The van der Waals surface area contributed by atoms with Crippen molar-refractivity contribution in [3.05, 3.63) is 0 Å². The molecule has 26 heavy (non-hydrogen) atoms. The molecule has 5 aliphatic rings. The molecule has 2 bridgehead atoms. The molecule has 0 aromatic carbocycles. The van der Waals surface area contributed by atoms with Crippen molar-refractivity contribution in [2.24, 2.45) is 40.4 Å². The van der Waals surface area contributed by atoms with Gasteiger partial charge in [-0.05, 0) is 67.6 Å². The lowest BCUT2D eigenvalue weighted by Gasteiger charge is -2.59. The van der Waals surface area contributed by atoms with Crippen LogP contribution in [-0.4, -0.2) is 40.8 Å². The molecule has 144 valence electrons. The van der Waals surface area contributed by atoms with E-state index in [0.29, 0.717) is 42.3 Å². The molecule has 5 heteroatoms. The van der Waals surface area contributed by atoms with E-state index in [4.69, 9.17) is 4.74 Å². The van der Waals surface area contributed by atoms with Crippen molar-refractivity contribution in [3.63, 3.8) is 0 Å². The Kier molecular flexibility index (Phi) is 3.74. The van der Waals surface area contributed by atoms with Crippen LogP contribution in [0.2, 0.25) is 0 Å². The summed E-state index contributed by atoms with van der Waals surface area (Å²) in [6.07, 6.45) is 6.03. The first-order valence-corrected chi connectivity index (χ1v) is 10.4. The number of carbonyl (C=O) groups is 2. The van der Waals surface area contributed by atoms with Gasteiger partial charge in [0.05, 0.1) is 6.10 Å². The lowest BCUT2D eigenvalue weighted by molar-refractivity contribution is -0.162. The molecule has 2 N–H and O–H groups in total. The predicted molar refractivity (Wildman–Crippen MR) is 92.9 cm³/mol. The Morgan fingerprint density at radius 3 is 2.85 bits per heavy atom. The van der Waals surface area contributed by atoms with E-state index in [2.05, 4.69) is 6.92 Å². The molecule has 0 amide bonds. The molecule has 9 atom stereocenters. The van der Waals surface area contributed by atoms with Gasteiger partial charge >= 0.3 is 0 Å². The highest BCUT2D eigenvalue weighted by molar-refractivity contribution is 5.83. The van der Waals surface area contributed by atoms with Gasteiger partial charge in [0.15, 0.2) is 12.1 Å². The van der Waals surface area contributed by atoms with Gasteiger partial charge in [0.1, 0.15) is 12.4 Å². The molecule has 1 aliphatic heterocycles. The van der Waals surface area contributed by atoms with Crippen LogP contribution in [0.3, 0.4) is 0 Å². The van der Waals surface area contributed by atoms with Crippen molar-refractivity contribution in [2.75, 3.05) is 6.61 Å². The first kappa shape index (κ1) is 17.3. The molecular formula is C21H30O5. The average molecular weight is 362 g/mol. The smallest absolute Gasteiger partial charge is 0.162 e. The Morgan fingerprint density at radius 1 is 1.27 bits per heavy atom. The van der Waals surface area contributed by atoms with Crippen LogP contribution in [0.25, 0.3) is 0 Å². The third-order valence-corrected chi connectivity index (χ3v) is 9.31. The zero-order valence-corrected chi connectivity index (χ0v) is 15.5. The monoisotopic (exact) mass is 362 g/mol. The number of rotatable bonds is 2. The van der Waals surface area contributed by atoms with Crippen LogP contribution < -0.4 is 0 Å². The minimum atomic E-state index is -0.890. The van der Waals surface area contributed by atoms with E-state index in [1.165, 1.54) is 0 Å². The van der Waals surface area contributed by atoms with Crippen LogP contribution in [0.5, 0.6) is 0 Å². The van der Waals surface area contributed by atoms with Crippen molar-refractivity contribution in [1.82, 2.24) is 0 Å². The first-order chi connectivity index (χ1) is 12.4. The topological polar surface area (TPSA) is 83.8 Å². The maximum atomic E-state index is 12.4. The van der Waals surface area contributed by atoms with Crippen LogP contribution >= 0.6 is 0 Å². The highest BCUT2D eigenvalue weighted by atomic mass is 16.6. The summed E-state index contributed by atoms with van der Waals surface area (Å²) in [7, 11) is 0. The standard InChI is InChI=1S/C21H30O5/c1-20-7-6-12(23)8-11(20)2-3-13-14-4-5-15(16(24)10-22)21(14)9-17(18(13)20)26-19(21)25/h11,13-15,17-19,22,25H,2-10H2,1H3/t11-,13+,14+,15-,17+,18-,19?,20+,21-/m1/s1. The minimum absolute atomic E-state index is 0.0145. The summed E-state index contributed by atoms with van der Waals surface area (Å²) in [6, 6.07) is 0. The molecule has 0 aromatic heterocycles. The van der Waals surface area contributed by atoms with Gasteiger partial charge in [-0.15, -0.1) is 0 Å². The summed E-state index contributed by atoms with van der Waals surface area (Å²) in [5.41, 5.74) is -0.379. The molecule has 5 fully saturated rings. The summed E-state index contributed by atoms with van der Waals surface area (Å²) in [4.78, 5) is 24.5. The largest absolute Gasteiger partial charge is 0.389 e. The maximum Gasteiger partial charge on any atom is 0.162 e. The third kappa shape index (κ3) is 1.97. The summed E-state index contributed by atoms with van der Waals surface area (Å²) in [6.45, 7) is 1.92. The number of aliphatic hydroxyl groups is 2. The number of ether oxygens (including phenoxy) is 1. The van der Waals surface area contributed by atoms with Crippen LogP contribution in [0.15, 0.2) is 0 Å². The molecule has 0 aromatic rings. The van der Waals surface area contributed by atoms with E-state index in [9.17, 15) is 19.8 Å². The molecule has 0 radical (unpaired) electrons. The number of ketones is 2. The average Bonchev–Trinajstić information content (AvgIpc) is 3.14. The van der Waals surface area contributed by atoms with E-state index in [1.807, 2.05) is 0 Å². The Bertz CT molecular complexity index is 646. The Hall–Kier alpha value is -0.780. The van der Waals surface area contributed by atoms with Gasteiger partial charge in [-0.3, -0.25) is 9.59 Å². The number of fused-ring (bicyclic) bond motifs is 6. The summed E-state index contributed by atoms with van der Waals surface area (Å²) >= 11 is 0. The predicted octanol–water partition coefficient (Wildman–Crippen LogP) is 2.08. The molecule has 5 nitrogen and oxygen atoms in total. The number of hydrogen-bond acceptors (Lipinski definition) is 5. The van der Waals surface area contributed by atoms with E-state index >= 15 is 0 Å². The molecule has 1 spiro atoms. The van der Waals surface area contributed by atoms with Gasteiger partial charge in [0.25, 0.3) is 0 Å². The van der Waals surface area contributed by atoms with Crippen molar-refractivity contribution < 1.29 is 24.5 Å². The Morgan fingerprint density at radius 2 is 2.08 bits per heavy atom. The van der Waals surface area contributed by atoms with Crippen molar-refractivity contribution >= 4 is 11.6 Å². The van der Waals surface area contributed by atoms with E-state index < -0.39 is 18.3 Å². The van der Waals surface area contributed by atoms with Gasteiger partial charge < -0.3 is 14.9 Å². The van der Waals surface area contributed by atoms with Gasteiger partial charge in [0, 0.05) is 24.2 Å². The molecule has 1 unspecified atom stereocenters. The number of hydrogen-bond donors (Lipinski definition) is 2. The molecule has 4 saturated carbocycles. The van der Waals surface area contributed by atoms with Crippen LogP contribution in [0.4, 0.5) is 0 Å². The fourth-order valence-corrected chi connectivity index (χ4v) is 8.28. The number of carbonyl (C=O) groups excluding carboxylic acids is 2. The van der Waals surface area contributed by atoms with E-state index in [-0.39, 0.29) is 23.2 Å². The van der Waals surface area contributed by atoms with Gasteiger partial charge in [0.2, 0.25) is 0 Å². The van der Waals surface area contributed by atoms with Gasteiger partial charge in [-0.25, -0.2) is 0 Å². The number of aliphatic hydroxyl groups excluding tert-OH is 2. The second-order valence-electron chi connectivity index (χ2n) is 9.92. The van der Waals surface area contributed by atoms with Crippen molar-refractivity contribution in [3.8, 4) is 0 Å². The quantitative estimate of drug-likeness (QED) is 0.786. The lowest BCUT2D eigenvalue weighted by atomic mass is 9.44. The second-order valence-corrected chi connectivity index (χ2v) is 9.92. The maximum absolute atomic E-state index is 12.4. The van der Waals surface area contributed by atoms with Crippen LogP contribution in [0, 0.1) is 40.4 Å². The van der Waals surface area contributed by atoms with Crippen LogP contribution in [-0.2, 0) is 14.3 Å². The van der Waals surface area contributed by atoms with Gasteiger partial charge in [-0.1, -0.05) is 6.92 Å². The zero-order chi connectivity index (χ0) is 18.3. The Balaban J connectivity index is 1.54. The molecule has 5 rings (SSSR count). The lowest BCUT2D eigenvalue weighted by Crippen LogP contribution is -2.57. The summed E-state index contributed by atoms with van der Waals surface area (Å²) in [5, 5.41) is 20.4. The molecule has 4 aliphatic carbocycles. The highest BCUT2D eigenvalue weighted by Crippen LogP contribution is 2.71. The number of Topliss-reactive ketones (excluding diaryl/α,β-unsaturated/α-hetero) is 2. The van der Waals surface area contributed by atoms with Crippen LogP contribution in [0.1, 0.15) is 58.3 Å². The second kappa shape index (κ2) is 5.62. The normalized spacial score (nSPS) is 55.2. The molecular weight excluding hydrogens is 332 g/mol. The summed E-state index contributed by atoms with van der Waals surface area (Å²) < 4.78 is 6.16. The van der Waals surface area contributed by atoms with E-state index in [0.717, 1.165) is 38.5 Å². The summed E-state index contributed by atoms with van der Waals surface area (Å²) in [5.74, 6) is 1.60. The minimum Gasteiger partial charge on any atom is -0.389 e. The van der Waals surface area contributed by atoms with Gasteiger partial charge in [-0.2, -0.15) is 0 Å². The Labute approximate surface area is 154 Å². The highest BCUT2D eigenvalue weighted by Gasteiger charge is 2.71. The van der Waals surface area contributed by atoms with Crippen molar-refractivity contribution in [2.45, 2.75) is 70.7 Å². The van der Waals surface area contributed by atoms with E-state index in [1.54, 1.807) is 0 Å². The fraction of sp³-hybridized carbons (Fsp3) is 0.905. The molecule has 1 heterocycles. The zero-order valence-electron chi connectivity index (χ0n) is 15.5. The van der Waals surface area contributed by atoms with Crippen molar-refractivity contribution in [1.29, 1.82) is 0 Å². The third-order valence-electron chi connectivity index (χ3n) is 9.31.